The minimum atomic E-state index is -0.783. The molecule has 1 unspecified atom stereocenters. The van der Waals surface area contributed by atoms with Crippen LogP contribution in [0.3, 0.4) is 0 Å². The zero-order chi connectivity index (χ0) is 59.2. The maximum absolute atomic E-state index is 12.9. The van der Waals surface area contributed by atoms with Crippen LogP contribution >= 0.6 is 0 Å². The van der Waals surface area contributed by atoms with E-state index in [1.807, 2.05) is 0 Å². The standard InChI is InChI=1S/C76H136O6/c1-4-7-10-13-16-19-22-25-27-29-31-33-34-35-36-37-38-39-40-41-42-44-45-47-49-51-54-57-60-63-66-69-75(78)81-72-73(71-80-74(77)68-65-62-59-56-53-24-21-18-15-12-9-6-3)82-76(79)70-67-64-61-58-55-52-50-48-46-43-32-30-28-26-23-20-17-14-11-8-5-2/h8,11,17-18,20-21,26,28-29,31-32,43,73H,4-7,9-10,12-16,19,22-25,27,30,33-42,44-72H2,1-3H3/b11-8-,20-17-,21-18-,28-26-,31-29-,43-32-. The van der Waals surface area contributed by atoms with E-state index in [0.717, 1.165) is 96.3 Å². The van der Waals surface area contributed by atoms with E-state index < -0.39 is 6.10 Å². The van der Waals surface area contributed by atoms with Gasteiger partial charge in [-0.2, -0.15) is 0 Å². The first-order valence-electron chi connectivity index (χ1n) is 35.9. The quantitative estimate of drug-likeness (QED) is 0.0261. The molecule has 6 heteroatoms. The van der Waals surface area contributed by atoms with E-state index in [2.05, 4.69) is 93.7 Å². The molecule has 0 aliphatic carbocycles. The SMILES string of the molecule is CC/C=C\C/C=C\C/C=C\C/C=C\CCCCCCCCCCC(=O)OC(COC(=O)CCCCCCC/C=C\CCCCC)COC(=O)CCCCCCCCCCCCCCCCCCCCC/C=C\CCCCCCCCCC. The third kappa shape index (κ3) is 67.6. The van der Waals surface area contributed by atoms with Crippen molar-refractivity contribution in [3.05, 3.63) is 72.9 Å². The molecule has 0 aromatic heterocycles. The van der Waals surface area contributed by atoms with Crippen LogP contribution in [-0.4, -0.2) is 37.2 Å². The summed E-state index contributed by atoms with van der Waals surface area (Å²) in [6.07, 6.45) is 92.3. The average molecular weight is 1150 g/mol. The Morgan fingerprint density at radius 3 is 0.780 bits per heavy atom. The predicted octanol–water partition coefficient (Wildman–Crippen LogP) is 24.8. The van der Waals surface area contributed by atoms with E-state index >= 15 is 0 Å². The summed E-state index contributed by atoms with van der Waals surface area (Å²) in [5, 5.41) is 0. The van der Waals surface area contributed by atoms with Crippen LogP contribution < -0.4 is 0 Å². The molecule has 0 aliphatic rings. The molecule has 0 saturated heterocycles. The van der Waals surface area contributed by atoms with E-state index in [1.165, 1.54) is 238 Å². The van der Waals surface area contributed by atoms with Gasteiger partial charge in [-0.15, -0.1) is 0 Å². The molecule has 0 aromatic carbocycles. The normalized spacial score (nSPS) is 12.5. The van der Waals surface area contributed by atoms with Crippen molar-refractivity contribution < 1.29 is 28.6 Å². The highest BCUT2D eigenvalue weighted by molar-refractivity contribution is 5.71. The van der Waals surface area contributed by atoms with Crippen molar-refractivity contribution in [1.29, 1.82) is 0 Å². The highest BCUT2D eigenvalue weighted by atomic mass is 16.6. The molecule has 0 amide bonds. The minimum absolute atomic E-state index is 0.0781. The molecular formula is C76H136O6. The maximum Gasteiger partial charge on any atom is 0.306 e. The zero-order valence-corrected chi connectivity index (χ0v) is 54.8. The van der Waals surface area contributed by atoms with Gasteiger partial charge in [-0.1, -0.05) is 318 Å². The van der Waals surface area contributed by atoms with Gasteiger partial charge >= 0.3 is 17.9 Å². The van der Waals surface area contributed by atoms with Crippen LogP contribution in [0, 0.1) is 0 Å². The summed E-state index contributed by atoms with van der Waals surface area (Å²) in [6, 6.07) is 0. The van der Waals surface area contributed by atoms with Crippen LogP contribution in [0.15, 0.2) is 72.9 Å². The lowest BCUT2D eigenvalue weighted by atomic mass is 10.0. The van der Waals surface area contributed by atoms with Gasteiger partial charge in [0.2, 0.25) is 0 Å². The number of allylic oxidation sites excluding steroid dienone is 12. The number of unbranched alkanes of at least 4 members (excludes halogenated alkanes) is 43. The number of hydrogen-bond donors (Lipinski definition) is 0. The monoisotopic (exact) mass is 1150 g/mol. The van der Waals surface area contributed by atoms with Crippen molar-refractivity contribution in [2.45, 2.75) is 380 Å². The molecule has 0 N–H and O–H groups in total. The highest BCUT2D eigenvalue weighted by Gasteiger charge is 2.19. The third-order valence-electron chi connectivity index (χ3n) is 15.9. The number of ether oxygens (including phenoxy) is 3. The lowest BCUT2D eigenvalue weighted by molar-refractivity contribution is -0.167. The van der Waals surface area contributed by atoms with Crippen LogP contribution in [0.4, 0.5) is 0 Å². The largest absolute Gasteiger partial charge is 0.462 e. The molecular weight excluding hydrogens is 1010 g/mol. The van der Waals surface area contributed by atoms with Gasteiger partial charge in [0.05, 0.1) is 0 Å². The Labute approximate surface area is 510 Å². The third-order valence-corrected chi connectivity index (χ3v) is 15.9. The number of hydrogen-bond acceptors (Lipinski definition) is 6. The summed E-state index contributed by atoms with van der Waals surface area (Å²) in [4.78, 5) is 38.4. The number of esters is 3. The molecule has 0 bridgehead atoms. The summed E-state index contributed by atoms with van der Waals surface area (Å²) in [7, 11) is 0. The number of carbonyl (C=O) groups is 3. The van der Waals surface area contributed by atoms with E-state index in [9.17, 15) is 14.4 Å². The van der Waals surface area contributed by atoms with Gasteiger partial charge in [-0.25, -0.2) is 0 Å². The summed E-state index contributed by atoms with van der Waals surface area (Å²) in [5.41, 5.74) is 0. The predicted molar refractivity (Wildman–Crippen MR) is 358 cm³/mol. The average Bonchev–Trinajstić information content (AvgIpc) is 3.47. The fourth-order valence-corrected chi connectivity index (χ4v) is 10.5. The van der Waals surface area contributed by atoms with Crippen LogP contribution in [0.25, 0.3) is 0 Å². The first-order chi connectivity index (χ1) is 40.5. The second-order valence-electron chi connectivity index (χ2n) is 24.1. The van der Waals surface area contributed by atoms with Crippen molar-refractivity contribution in [3.63, 3.8) is 0 Å². The molecule has 0 rings (SSSR count). The fraction of sp³-hybridized carbons (Fsp3) is 0.803. The van der Waals surface area contributed by atoms with Crippen LogP contribution in [0.2, 0.25) is 0 Å². The van der Waals surface area contributed by atoms with Gasteiger partial charge < -0.3 is 14.2 Å². The molecule has 1 atom stereocenters. The Hall–Kier alpha value is -3.15. The molecule has 0 aliphatic heterocycles. The molecule has 0 radical (unpaired) electrons. The summed E-state index contributed by atoms with van der Waals surface area (Å²) in [5.74, 6) is -0.877. The molecule has 0 saturated carbocycles. The Morgan fingerprint density at radius 2 is 0.476 bits per heavy atom. The van der Waals surface area contributed by atoms with Crippen LogP contribution in [0.1, 0.15) is 374 Å². The van der Waals surface area contributed by atoms with Crippen LogP contribution in [0.5, 0.6) is 0 Å². The molecule has 6 nitrogen and oxygen atoms in total. The van der Waals surface area contributed by atoms with Gasteiger partial charge in [-0.05, 0) is 109 Å². The molecule has 0 aromatic rings. The highest BCUT2D eigenvalue weighted by Crippen LogP contribution is 2.18. The maximum atomic E-state index is 12.9. The lowest BCUT2D eigenvalue weighted by Gasteiger charge is -2.18. The van der Waals surface area contributed by atoms with E-state index in [-0.39, 0.29) is 31.1 Å². The molecule has 82 heavy (non-hydrogen) atoms. The fourth-order valence-electron chi connectivity index (χ4n) is 10.5. The summed E-state index contributed by atoms with van der Waals surface area (Å²) in [6.45, 7) is 6.54. The topological polar surface area (TPSA) is 78.9 Å². The van der Waals surface area contributed by atoms with Crippen molar-refractivity contribution in [2.24, 2.45) is 0 Å². The number of rotatable bonds is 66. The van der Waals surface area contributed by atoms with Gasteiger partial charge in [0.15, 0.2) is 6.10 Å². The summed E-state index contributed by atoms with van der Waals surface area (Å²) < 4.78 is 17.0. The van der Waals surface area contributed by atoms with Crippen molar-refractivity contribution in [2.75, 3.05) is 13.2 Å². The Kier molecular flexibility index (Phi) is 67.6. The molecule has 476 valence electrons. The smallest absolute Gasteiger partial charge is 0.306 e. The van der Waals surface area contributed by atoms with Crippen LogP contribution in [-0.2, 0) is 28.6 Å². The first-order valence-corrected chi connectivity index (χ1v) is 35.9. The lowest BCUT2D eigenvalue weighted by Crippen LogP contribution is -2.30. The van der Waals surface area contributed by atoms with Gasteiger partial charge in [0.1, 0.15) is 13.2 Å². The molecule has 0 fully saturated rings. The van der Waals surface area contributed by atoms with Gasteiger partial charge in [-0.3, -0.25) is 14.4 Å². The van der Waals surface area contributed by atoms with Crippen molar-refractivity contribution >= 4 is 17.9 Å². The van der Waals surface area contributed by atoms with Crippen molar-refractivity contribution in [1.82, 2.24) is 0 Å². The van der Waals surface area contributed by atoms with Gasteiger partial charge in [0.25, 0.3) is 0 Å². The Morgan fingerprint density at radius 1 is 0.256 bits per heavy atom. The Balaban J connectivity index is 4.17. The van der Waals surface area contributed by atoms with E-state index in [0.29, 0.717) is 19.3 Å². The molecule has 0 spiro atoms. The second kappa shape index (κ2) is 70.3. The summed E-state index contributed by atoms with van der Waals surface area (Å²) >= 11 is 0. The zero-order valence-electron chi connectivity index (χ0n) is 54.8. The minimum Gasteiger partial charge on any atom is -0.462 e. The molecule has 0 heterocycles. The Bertz CT molecular complexity index is 1500. The van der Waals surface area contributed by atoms with Gasteiger partial charge in [0, 0.05) is 19.3 Å². The van der Waals surface area contributed by atoms with Crippen molar-refractivity contribution in [3.8, 4) is 0 Å². The first kappa shape index (κ1) is 78.8. The number of carbonyl (C=O) groups excluding carboxylic acids is 3. The second-order valence-corrected chi connectivity index (χ2v) is 24.1. The van der Waals surface area contributed by atoms with E-state index in [1.54, 1.807) is 0 Å². The van der Waals surface area contributed by atoms with E-state index in [4.69, 9.17) is 14.2 Å².